The lowest BCUT2D eigenvalue weighted by Crippen LogP contribution is -2.32. The summed E-state index contributed by atoms with van der Waals surface area (Å²) in [5.74, 6) is 3.80. The highest BCUT2D eigenvalue weighted by molar-refractivity contribution is 9.10. The van der Waals surface area contributed by atoms with E-state index in [2.05, 4.69) is 178 Å². The number of phenolic OH excluding ortho intramolecular Hbond substituents is 1. The molecule has 2 aliphatic carbocycles. The van der Waals surface area contributed by atoms with Gasteiger partial charge in [-0.05, 0) is 151 Å². The van der Waals surface area contributed by atoms with Crippen LogP contribution in [0.4, 0.5) is 0 Å². The predicted molar refractivity (Wildman–Crippen MR) is 278 cm³/mol. The highest BCUT2D eigenvalue weighted by atomic mass is 79.9. The minimum atomic E-state index is -0.661. The number of ether oxygens (including phenoxy) is 1. The maximum Gasteiger partial charge on any atom is 0.293 e. The lowest BCUT2D eigenvalue weighted by Gasteiger charge is -2.40. The molecule has 1 N–H and O–H groups in total. The SMILES string of the molecule is Oc1ccc(C2(c3ccc(OSOc4ccc5c6c(ccc5c4)C4(c5ccccc5-c5ccccc54)c4ccc5cc(OS)ccc5c4O6)cc3)c3cc(Br)ccc3-c3ccc(Br)cc32)cc1. The summed E-state index contributed by atoms with van der Waals surface area (Å²) in [5.41, 5.74) is 12.5. The van der Waals surface area contributed by atoms with E-state index in [4.69, 9.17) is 17.3 Å². The third kappa shape index (κ3) is 5.94. The van der Waals surface area contributed by atoms with Crippen molar-refractivity contribution in [2.75, 3.05) is 0 Å². The molecule has 10 aromatic carbocycles. The molecule has 0 aromatic heterocycles. The van der Waals surface area contributed by atoms with Crippen LogP contribution in [-0.2, 0) is 10.8 Å². The fourth-order valence-corrected chi connectivity index (χ4v) is 12.4. The normalized spacial score (nSPS) is 14.1. The molecule has 3 aliphatic rings. The van der Waals surface area contributed by atoms with Crippen LogP contribution in [0.5, 0.6) is 34.5 Å². The van der Waals surface area contributed by atoms with Crippen molar-refractivity contribution < 1.29 is 22.4 Å². The van der Waals surface area contributed by atoms with Gasteiger partial charge in [-0.15, -0.1) is 0 Å². The van der Waals surface area contributed by atoms with Crippen LogP contribution in [0.1, 0.15) is 44.5 Å². The van der Waals surface area contributed by atoms with E-state index < -0.39 is 10.8 Å². The first-order valence-electron chi connectivity index (χ1n) is 21.7. The number of phenols is 1. The van der Waals surface area contributed by atoms with Gasteiger partial charge >= 0.3 is 0 Å². The monoisotopic (exact) mass is 1030 g/mol. The number of fused-ring (bicyclic) bond motifs is 16. The van der Waals surface area contributed by atoms with Crippen LogP contribution in [0.3, 0.4) is 0 Å². The highest BCUT2D eigenvalue weighted by Gasteiger charge is 2.52. The summed E-state index contributed by atoms with van der Waals surface area (Å²) in [6.45, 7) is 0. The quantitative estimate of drug-likeness (QED) is 0.123. The molecule has 67 heavy (non-hydrogen) atoms. The molecule has 0 saturated carbocycles. The Morgan fingerprint density at radius 1 is 0.433 bits per heavy atom. The molecule has 0 unspecified atom stereocenters. The molecule has 0 saturated heterocycles. The van der Waals surface area contributed by atoms with Crippen LogP contribution in [0.15, 0.2) is 203 Å². The van der Waals surface area contributed by atoms with Crippen molar-refractivity contribution in [3.05, 3.63) is 248 Å². The van der Waals surface area contributed by atoms with Crippen molar-refractivity contribution in [1.82, 2.24) is 0 Å². The predicted octanol–water partition coefficient (Wildman–Crippen LogP) is 16.3. The van der Waals surface area contributed by atoms with Gasteiger partial charge in [0.15, 0.2) is 0 Å². The number of thiol groups is 1. The standard InChI is InChI=1S/C58H34Br2O5S2/c59-37-15-23-47-48-24-16-38(60)32-54(48)57(53(47)31-37,35-11-17-39(61)18-12-35)36-13-19-40(20-14-36)64-67-65-42-22-26-44-34(30-42)10-28-52-56(44)62-55-43-25-21-41(63-66)29-33(43)9-27-51(55)58(52)49-7-3-1-5-45(49)46-6-2-4-8-50(46)58/h1-32,61,66H. The Morgan fingerprint density at radius 3 is 1.48 bits per heavy atom. The number of aromatic hydroxyl groups is 1. The van der Waals surface area contributed by atoms with E-state index in [1.165, 1.54) is 22.3 Å². The lowest BCUT2D eigenvalue weighted by atomic mass is 9.65. The van der Waals surface area contributed by atoms with Crippen LogP contribution in [0.25, 0.3) is 43.8 Å². The zero-order valence-electron chi connectivity index (χ0n) is 35.2. The number of halogens is 2. The van der Waals surface area contributed by atoms with E-state index in [0.717, 1.165) is 98.8 Å². The van der Waals surface area contributed by atoms with E-state index in [1.54, 1.807) is 12.1 Å². The van der Waals surface area contributed by atoms with Crippen molar-refractivity contribution in [2.45, 2.75) is 10.8 Å². The summed E-state index contributed by atoms with van der Waals surface area (Å²) in [6.07, 6.45) is 0. The van der Waals surface area contributed by atoms with Crippen LogP contribution in [-0.4, -0.2) is 5.11 Å². The average Bonchev–Trinajstić information content (AvgIpc) is 3.81. The van der Waals surface area contributed by atoms with Gasteiger partial charge in [0.25, 0.3) is 12.3 Å². The zero-order valence-corrected chi connectivity index (χ0v) is 40.0. The van der Waals surface area contributed by atoms with Gasteiger partial charge in [0.2, 0.25) is 0 Å². The zero-order chi connectivity index (χ0) is 45.0. The van der Waals surface area contributed by atoms with E-state index >= 15 is 0 Å². The smallest absolute Gasteiger partial charge is 0.293 e. The number of hydrogen-bond donors (Lipinski definition) is 2. The minimum absolute atomic E-state index is 0.217. The number of rotatable bonds is 7. The first kappa shape index (κ1) is 40.6. The van der Waals surface area contributed by atoms with Gasteiger partial charge in [0.05, 0.1) is 10.8 Å². The van der Waals surface area contributed by atoms with Gasteiger partial charge in [-0.25, -0.2) is 0 Å². The Kier molecular flexibility index (Phi) is 9.38. The molecule has 5 nitrogen and oxygen atoms in total. The molecule has 13 rings (SSSR count). The third-order valence-corrected chi connectivity index (χ3v) is 15.6. The summed E-state index contributed by atoms with van der Waals surface area (Å²) in [4.78, 5) is 0. The summed E-state index contributed by atoms with van der Waals surface area (Å²) in [5, 5.41) is 14.3. The molecule has 0 amide bonds. The van der Waals surface area contributed by atoms with E-state index in [1.807, 2.05) is 48.5 Å². The number of hydrogen-bond acceptors (Lipinski definition) is 7. The number of benzene rings is 10. The molecule has 0 atom stereocenters. The van der Waals surface area contributed by atoms with Gasteiger partial charge in [-0.3, -0.25) is 0 Å². The molecule has 0 radical (unpaired) electrons. The van der Waals surface area contributed by atoms with Crippen molar-refractivity contribution in [2.24, 2.45) is 0 Å². The van der Waals surface area contributed by atoms with E-state index in [-0.39, 0.29) is 5.75 Å². The molecular formula is C58H34Br2O5S2. The summed E-state index contributed by atoms with van der Waals surface area (Å²) in [7, 11) is 0. The molecule has 1 heterocycles. The van der Waals surface area contributed by atoms with Gasteiger partial charge < -0.3 is 22.4 Å². The molecule has 0 bridgehead atoms. The first-order valence-corrected chi connectivity index (χ1v) is 24.3. The Hall–Kier alpha value is -6.62. The average molecular weight is 1030 g/mol. The van der Waals surface area contributed by atoms with E-state index in [9.17, 15) is 5.11 Å². The molecule has 1 spiro atoms. The first-order chi connectivity index (χ1) is 32.9. The molecule has 9 heteroatoms. The Balaban J connectivity index is 0.846. The Bertz CT molecular complexity index is 3590. The second-order valence-corrected chi connectivity index (χ2v) is 19.6. The van der Waals surface area contributed by atoms with Crippen molar-refractivity contribution in [3.63, 3.8) is 0 Å². The minimum Gasteiger partial charge on any atom is -0.508 e. The topological polar surface area (TPSA) is 57.2 Å². The maximum absolute atomic E-state index is 10.4. The van der Waals surface area contributed by atoms with Crippen LogP contribution in [0, 0.1) is 0 Å². The van der Waals surface area contributed by atoms with Gasteiger partial charge in [-0.2, -0.15) is 0 Å². The molecular weight excluding hydrogens is 1000 g/mol. The lowest BCUT2D eigenvalue weighted by molar-refractivity contribution is 0.447. The second kappa shape index (κ2) is 15.5. The Morgan fingerprint density at radius 2 is 0.910 bits per heavy atom. The van der Waals surface area contributed by atoms with Crippen molar-refractivity contribution in [1.29, 1.82) is 0 Å². The summed E-state index contributed by atoms with van der Waals surface area (Å²) >= 11 is 12.5. The van der Waals surface area contributed by atoms with Crippen LogP contribution in [0.2, 0.25) is 0 Å². The van der Waals surface area contributed by atoms with Crippen LogP contribution < -0.4 is 17.3 Å². The molecule has 1 aliphatic heterocycles. The largest absolute Gasteiger partial charge is 0.508 e. The fourth-order valence-electron chi connectivity index (χ4n) is 11.2. The van der Waals surface area contributed by atoms with Gasteiger partial charge in [-0.1, -0.05) is 141 Å². The summed E-state index contributed by atoms with van der Waals surface area (Å²) in [6, 6.07) is 67.0. The maximum atomic E-state index is 10.4. The molecule has 10 aromatic rings. The van der Waals surface area contributed by atoms with Crippen LogP contribution >= 0.6 is 57.1 Å². The van der Waals surface area contributed by atoms with Gasteiger partial charge in [0.1, 0.15) is 34.5 Å². The molecule has 0 fully saturated rings. The van der Waals surface area contributed by atoms with Crippen molar-refractivity contribution in [3.8, 4) is 56.8 Å². The summed E-state index contributed by atoms with van der Waals surface area (Å²) < 4.78 is 26.9. The fraction of sp³-hybridized carbons (Fsp3) is 0.0345. The van der Waals surface area contributed by atoms with Gasteiger partial charge in [0, 0.05) is 43.8 Å². The Labute approximate surface area is 413 Å². The highest BCUT2D eigenvalue weighted by Crippen LogP contribution is 2.64. The van der Waals surface area contributed by atoms with E-state index in [0.29, 0.717) is 17.2 Å². The molecule has 322 valence electrons. The second-order valence-electron chi connectivity index (χ2n) is 17.1. The van der Waals surface area contributed by atoms with Crippen molar-refractivity contribution >= 4 is 78.6 Å². The third-order valence-electron chi connectivity index (χ3n) is 13.9.